The summed E-state index contributed by atoms with van der Waals surface area (Å²) >= 11 is 0. The van der Waals surface area contributed by atoms with E-state index >= 15 is 0 Å². The fourth-order valence-corrected chi connectivity index (χ4v) is 2.70. The van der Waals surface area contributed by atoms with E-state index in [2.05, 4.69) is 5.32 Å². The molecule has 1 aromatic carbocycles. The van der Waals surface area contributed by atoms with Crippen LogP contribution in [0.2, 0.25) is 0 Å². The Balaban J connectivity index is 1.93. The van der Waals surface area contributed by atoms with Gasteiger partial charge in [-0.15, -0.1) is 0 Å². The van der Waals surface area contributed by atoms with Gasteiger partial charge in [0.25, 0.3) is 0 Å². The fraction of sp³-hybridized carbons (Fsp3) is 0.500. The Morgan fingerprint density at radius 3 is 2.57 bits per heavy atom. The normalized spacial score (nSPS) is 15.0. The number of benzene rings is 1. The van der Waals surface area contributed by atoms with E-state index in [-0.39, 0.29) is 36.5 Å². The zero-order chi connectivity index (χ0) is 15.2. The van der Waals surface area contributed by atoms with Gasteiger partial charge in [0, 0.05) is 25.9 Å². The molecule has 0 aromatic heterocycles. The third-order valence-electron chi connectivity index (χ3n) is 3.81. The lowest BCUT2D eigenvalue weighted by atomic mass is 10.2. The number of hydrogen-bond donors (Lipinski definition) is 1. The summed E-state index contributed by atoms with van der Waals surface area (Å²) in [6.07, 6.45) is 4.54. The lowest BCUT2D eigenvalue weighted by Gasteiger charge is -2.22. The van der Waals surface area contributed by atoms with E-state index in [1.807, 2.05) is 0 Å². The van der Waals surface area contributed by atoms with Gasteiger partial charge in [-0.3, -0.25) is 9.59 Å². The molecule has 1 aromatic rings. The van der Waals surface area contributed by atoms with Crippen molar-refractivity contribution in [3.63, 3.8) is 0 Å². The number of para-hydroxylation sites is 1. The highest BCUT2D eigenvalue weighted by atomic mass is 19.1. The standard InChI is InChI=1S/C16H21FN2O2/c1-12(20)19(15-9-5-4-8-14(15)17)11-10-16(21)18-13-6-2-3-7-13/h4-5,8-9,13H,2-3,6-7,10-11H2,1H3,(H,18,21). The number of rotatable bonds is 5. The first-order valence-corrected chi connectivity index (χ1v) is 7.40. The zero-order valence-corrected chi connectivity index (χ0v) is 12.3. The van der Waals surface area contributed by atoms with E-state index in [4.69, 9.17) is 0 Å². The second-order valence-electron chi connectivity index (χ2n) is 5.42. The summed E-state index contributed by atoms with van der Waals surface area (Å²) in [4.78, 5) is 24.9. The van der Waals surface area contributed by atoms with E-state index in [1.54, 1.807) is 18.2 Å². The molecular weight excluding hydrogens is 271 g/mol. The summed E-state index contributed by atoms with van der Waals surface area (Å²) in [6.45, 7) is 1.57. The third-order valence-corrected chi connectivity index (χ3v) is 3.81. The zero-order valence-electron chi connectivity index (χ0n) is 12.3. The molecule has 0 heterocycles. The molecule has 1 aliphatic rings. The lowest BCUT2D eigenvalue weighted by Crippen LogP contribution is -2.37. The van der Waals surface area contributed by atoms with Crippen LogP contribution in [0.4, 0.5) is 10.1 Å². The van der Waals surface area contributed by atoms with Gasteiger partial charge in [0.1, 0.15) is 5.82 Å². The van der Waals surface area contributed by atoms with Crippen molar-refractivity contribution in [2.75, 3.05) is 11.4 Å². The van der Waals surface area contributed by atoms with Gasteiger partial charge in [0.2, 0.25) is 11.8 Å². The average Bonchev–Trinajstić information content (AvgIpc) is 2.93. The van der Waals surface area contributed by atoms with Crippen LogP contribution in [-0.4, -0.2) is 24.4 Å². The highest BCUT2D eigenvalue weighted by Crippen LogP contribution is 2.20. The molecule has 5 heteroatoms. The van der Waals surface area contributed by atoms with Crippen LogP contribution in [0, 0.1) is 5.82 Å². The maximum Gasteiger partial charge on any atom is 0.223 e. The Hall–Kier alpha value is -1.91. The molecule has 2 amide bonds. The van der Waals surface area contributed by atoms with Crippen molar-refractivity contribution in [2.45, 2.75) is 45.1 Å². The molecule has 4 nitrogen and oxygen atoms in total. The number of hydrogen-bond acceptors (Lipinski definition) is 2. The van der Waals surface area contributed by atoms with E-state index < -0.39 is 5.82 Å². The highest BCUT2D eigenvalue weighted by molar-refractivity contribution is 5.92. The predicted octanol–water partition coefficient (Wildman–Crippen LogP) is 2.63. The van der Waals surface area contributed by atoms with Crippen LogP contribution in [0.15, 0.2) is 24.3 Å². The van der Waals surface area contributed by atoms with Crippen molar-refractivity contribution < 1.29 is 14.0 Å². The quantitative estimate of drug-likeness (QED) is 0.907. The Morgan fingerprint density at radius 2 is 1.95 bits per heavy atom. The molecule has 0 saturated heterocycles. The monoisotopic (exact) mass is 292 g/mol. The van der Waals surface area contributed by atoms with Gasteiger partial charge < -0.3 is 10.2 Å². The summed E-state index contributed by atoms with van der Waals surface area (Å²) in [5.74, 6) is -0.804. The number of carbonyl (C=O) groups is 2. The molecule has 0 radical (unpaired) electrons. The van der Waals surface area contributed by atoms with Crippen LogP contribution in [-0.2, 0) is 9.59 Å². The Kier molecular flexibility index (Phi) is 5.31. The molecule has 1 N–H and O–H groups in total. The molecule has 1 fully saturated rings. The molecule has 0 bridgehead atoms. The van der Waals surface area contributed by atoms with E-state index in [0.717, 1.165) is 25.7 Å². The van der Waals surface area contributed by atoms with Crippen molar-refractivity contribution in [2.24, 2.45) is 0 Å². The number of halogens is 1. The van der Waals surface area contributed by atoms with Crippen LogP contribution >= 0.6 is 0 Å². The largest absolute Gasteiger partial charge is 0.353 e. The van der Waals surface area contributed by atoms with Crippen LogP contribution in [0.25, 0.3) is 0 Å². The van der Waals surface area contributed by atoms with Gasteiger partial charge in [0.15, 0.2) is 0 Å². The Bertz CT molecular complexity index is 513. The number of nitrogens with one attached hydrogen (secondary N) is 1. The van der Waals surface area contributed by atoms with E-state index in [0.29, 0.717) is 0 Å². The first kappa shape index (κ1) is 15.5. The molecule has 0 spiro atoms. The van der Waals surface area contributed by atoms with Crippen molar-refractivity contribution in [3.8, 4) is 0 Å². The number of nitrogens with zero attached hydrogens (tertiary/aromatic N) is 1. The fourth-order valence-electron chi connectivity index (χ4n) is 2.70. The van der Waals surface area contributed by atoms with Crippen molar-refractivity contribution in [3.05, 3.63) is 30.1 Å². The van der Waals surface area contributed by atoms with Gasteiger partial charge in [-0.25, -0.2) is 4.39 Å². The van der Waals surface area contributed by atoms with Gasteiger partial charge in [-0.1, -0.05) is 25.0 Å². The molecule has 21 heavy (non-hydrogen) atoms. The lowest BCUT2D eigenvalue weighted by molar-refractivity contribution is -0.121. The Morgan fingerprint density at radius 1 is 1.29 bits per heavy atom. The smallest absolute Gasteiger partial charge is 0.223 e. The maximum absolute atomic E-state index is 13.8. The van der Waals surface area contributed by atoms with Gasteiger partial charge >= 0.3 is 0 Å². The third kappa shape index (κ3) is 4.28. The van der Waals surface area contributed by atoms with Gasteiger partial charge in [-0.05, 0) is 25.0 Å². The van der Waals surface area contributed by atoms with Crippen LogP contribution in [0.5, 0.6) is 0 Å². The highest BCUT2D eigenvalue weighted by Gasteiger charge is 2.19. The molecule has 0 unspecified atom stereocenters. The summed E-state index contributed by atoms with van der Waals surface area (Å²) < 4.78 is 13.8. The first-order chi connectivity index (χ1) is 10.1. The molecule has 1 saturated carbocycles. The van der Waals surface area contributed by atoms with Crippen molar-refractivity contribution in [1.29, 1.82) is 0 Å². The molecule has 114 valence electrons. The predicted molar refractivity (Wildman–Crippen MR) is 79.4 cm³/mol. The van der Waals surface area contributed by atoms with E-state index in [9.17, 15) is 14.0 Å². The minimum Gasteiger partial charge on any atom is -0.353 e. The molecular formula is C16H21FN2O2. The second kappa shape index (κ2) is 7.20. The average molecular weight is 292 g/mol. The molecule has 1 aliphatic carbocycles. The Labute approximate surface area is 124 Å². The minimum absolute atomic E-state index is 0.0792. The summed E-state index contributed by atoms with van der Waals surface area (Å²) in [6, 6.07) is 6.36. The first-order valence-electron chi connectivity index (χ1n) is 7.40. The second-order valence-corrected chi connectivity index (χ2v) is 5.42. The summed E-state index contributed by atoms with van der Waals surface area (Å²) in [5.41, 5.74) is 0.221. The summed E-state index contributed by atoms with van der Waals surface area (Å²) in [7, 11) is 0. The topological polar surface area (TPSA) is 49.4 Å². The number of anilines is 1. The van der Waals surface area contributed by atoms with Crippen molar-refractivity contribution >= 4 is 17.5 Å². The van der Waals surface area contributed by atoms with E-state index in [1.165, 1.54) is 17.9 Å². The number of carbonyl (C=O) groups excluding carboxylic acids is 2. The molecule has 0 aliphatic heterocycles. The maximum atomic E-state index is 13.8. The minimum atomic E-state index is -0.455. The molecule has 2 rings (SSSR count). The van der Waals surface area contributed by atoms with Gasteiger partial charge in [-0.2, -0.15) is 0 Å². The molecule has 0 atom stereocenters. The van der Waals surface area contributed by atoms with Crippen molar-refractivity contribution in [1.82, 2.24) is 5.32 Å². The van der Waals surface area contributed by atoms with Crippen LogP contribution in [0.1, 0.15) is 39.0 Å². The SMILES string of the molecule is CC(=O)N(CCC(=O)NC1CCCC1)c1ccccc1F. The van der Waals surface area contributed by atoms with Crippen LogP contribution < -0.4 is 10.2 Å². The van der Waals surface area contributed by atoms with Crippen LogP contribution in [0.3, 0.4) is 0 Å². The summed E-state index contributed by atoms with van der Waals surface area (Å²) in [5, 5.41) is 2.97. The van der Waals surface area contributed by atoms with Gasteiger partial charge in [0.05, 0.1) is 5.69 Å². The number of amides is 2.